The standard InChI is InChI=1S/C11H15N3O2/c1-2-16-11(15)14-9-5-3-8(4-6-9)7-10(12)13/h3-6H,2,7H2,1H3,(H3,12,13)(H,14,15). The van der Waals surface area contributed by atoms with Crippen LogP contribution in [0, 0.1) is 5.41 Å². The maximum absolute atomic E-state index is 11.1. The van der Waals surface area contributed by atoms with E-state index >= 15 is 0 Å². The number of nitrogens with two attached hydrogens (primary N) is 1. The van der Waals surface area contributed by atoms with Crippen LogP contribution in [0.15, 0.2) is 24.3 Å². The Morgan fingerprint density at radius 1 is 1.44 bits per heavy atom. The lowest BCUT2D eigenvalue weighted by Crippen LogP contribution is -2.14. The average Bonchev–Trinajstić information content (AvgIpc) is 2.20. The fourth-order valence-electron chi connectivity index (χ4n) is 1.21. The van der Waals surface area contributed by atoms with Crippen LogP contribution in [-0.4, -0.2) is 18.5 Å². The molecule has 1 aromatic rings. The topological polar surface area (TPSA) is 88.2 Å². The summed E-state index contributed by atoms with van der Waals surface area (Å²) in [6, 6.07) is 7.11. The second-order valence-electron chi connectivity index (χ2n) is 3.24. The highest BCUT2D eigenvalue weighted by molar-refractivity contribution is 5.84. The summed E-state index contributed by atoms with van der Waals surface area (Å²) in [6.45, 7) is 2.09. The minimum Gasteiger partial charge on any atom is -0.450 e. The van der Waals surface area contributed by atoms with Crippen molar-refractivity contribution in [1.82, 2.24) is 0 Å². The molecular formula is C11H15N3O2. The van der Waals surface area contributed by atoms with Crippen LogP contribution in [0.25, 0.3) is 0 Å². The van der Waals surface area contributed by atoms with E-state index in [0.29, 0.717) is 18.7 Å². The number of anilines is 1. The van der Waals surface area contributed by atoms with Gasteiger partial charge in [-0.05, 0) is 24.6 Å². The van der Waals surface area contributed by atoms with Crippen molar-refractivity contribution in [2.24, 2.45) is 5.73 Å². The zero-order chi connectivity index (χ0) is 12.0. The van der Waals surface area contributed by atoms with Crippen molar-refractivity contribution in [3.05, 3.63) is 29.8 Å². The summed E-state index contributed by atoms with van der Waals surface area (Å²) in [7, 11) is 0. The molecule has 0 aliphatic carbocycles. The molecule has 5 nitrogen and oxygen atoms in total. The molecule has 0 unspecified atom stereocenters. The van der Waals surface area contributed by atoms with Gasteiger partial charge in [0.1, 0.15) is 0 Å². The van der Waals surface area contributed by atoms with Gasteiger partial charge < -0.3 is 10.5 Å². The van der Waals surface area contributed by atoms with E-state index in [4.69, 9.17) is 15.9 Å². The SMILES string of the molecule is CCOC(=O)Nc1ccc(CC(=N)N)cc1. The van der Waals surface area contributed by atoms with Crippen LogP contribution in [0.3, 0.4) is 0 Å². The molecule has 0 heterocycles. The molecule has 0 saturated heterocycles. The Hall–Kier alpha value is -2.04. The molecule has 0 spiro atoms. The third-order valence-electron chi connectivity index (χ3n) is 1.87. The van der Waals surface area contributed by atoms with E-state index in [1.165, 1.54) is 0 Å². The molecule has 86 valence electrons. The molecule has 1 amide bonds. The Morgan fingerprint density at radius 3 is 2.56 bits per heavy atom. The largest absolute Gasteiger partial charge is 0.450 e. The van der Waals surface area contributed by atoms with Crippen molar-refractivity contribution in [1.29, 1.82) is 5.41 Å². The van der Waals surface area contributed by atoms with Crippen LogP contribution in [0.5, 0.6) is 0 Å². The number of rotatable bonds is 4. The number of hydrogen-bond donors (Lipinski definition) is 3. The van der Waals surface area contributed by atoms with Crippen molar-refractivity contribution in [3.8, 4) is 0 Å². The molecule has 0 fully saturated rings. The van der Waals surface area contributed by atoms with E-state index in [1.807, 2.05) is 12.1 Å². The predicted octanol–water partition coefficient (Wildman–Crippen LogP) is 1.73. The Kier molecular flexibility index (Phi) is 4.32. The van der Waals surface area contributed by atoms with Crippen molar-refractivity contribution < 1.29 is 9.53 Å². The minimum absolute atomic E-state index is 0.117. The molecule has 0 bridgehead atoms. The fourth-order valence-corrected chi connectivity index (χ4v) is 1.21. The Labute approximate surface area is 94.1 Å². The second kappa shape index (κ2) is 5.75. The van der Waals surface area contributed by atoms with Gasteiger partial charge in [-0.1, -0.05) is 12.1 Å². The van der Waals surface area contributed by atoms with E-state index in [0.717, 1.165) is 5.56 Å². The second-order valence-corrected chi connectivity index (χ2v) is 3.24. The number of hydrogen-bond acceptors (Lipinski definition) is 3. The zero-order valence-corrected chi connectivity index (χ0v) is 9.12. The Bertz CT molecular complexity index is 373. The molecule has 5 heteroatoms. The molecule has 0 radical (unpaired) electrons. The van der Waals surface area contributed by atoms with Gasteiger partial charge in [-0.15, -0.1) is 0 Å². The molecule has 0 aliphatic heterocycles. The molecule has 4 N–H and O–H groups in total. The van der Waals surface area contributed by atoms with E-state index in [-0.39, 0.29) is 5.84 Å². The molecule has 0 aliphatic rings. The third-order valence-corrected chi connectivity index (χ3v) is 1.87. The summed E-state index contributed by atoms with van der Waals surface area (Å²) in [5, 5.41) is 9.72. The zero-order valence-electron chi connectivity index (χ0n) is 9.12. The van der Waals surface area contributed by atoms with E-state index in [1.54, 1.807) is 19.1 Å². The monoisotopic (exact) mass is 221 g/mol. The van der Waals surface area contributed by atoms with Crippen molar-refractivity contribution in [2.45, 2.75) is 13.3 Å². The highest BCUT2D eigenvalue weighted by Crippen LogP contribution is 2.10. The highest BCUT2D eigenvalue weighted by Gasteiger charge is 2.01. The lowest BCUT2D eigenvalue weighted by molar-refractivity contribution is 0.168. The summed E-state index contributed by atoms with van der Waals surface area (Å²) in [6.07, 6.45) is -0.0542. The molecule has 0 saturated carbocycles. The van der Waals surface area contributed by atoms with Gasteiger partial charge in [0.05, 0.1) is 12.4 Å². The number of amides is 1. The van der Waals surface area contributed by atoms with Gasteiger partial charge in [-0.25, -0.2) is 4.79 Å². The normalized spacial score (nSPS) is 9.56. The van der Waals surface area contributed by atoms with Crippen LogP contribution < -0.4 is 11.1 Å². The molecule has 1 rings (SSSR count). The maximum Gasteiger partial charge on any atom is 0.411 e. The number of amidine groups is 1. The number of benzene rings is 1. The van der Waals surface area contributed by atoms with Crippen LogP contribution in [-0.2, 0) is 11.2 Å². The van der Waals surface area contributed by atoms with Crippen LogP contribution in [0.1, 0.15) is 12.5 Å². The third kappa shape index (κ3) is 4.00. The summed E-state index contributed by atoms with van der Waals surface area (Å²) < 4.78 is 4.74. The lowest BCUT2D eigenvalue weighted by Gasteiger charge is -2.06. The van der Waals surface area contributed by atoms with E-state index in [2.05, 4.69) is 5.32 Å². The van der Waals surface area contributed by atoms with Gasteiger partial charge in [0.15, 0.2) is 0 Å². The first kappa shape index (κ1) is 12.0. The molecule has 0 aromatic heterocycles. The average molecular weight is 221 g/mol. The van der Waals surface area contributed by atoms with Crippen molar-refractivity contribution >= 4 is 17.6 Å². The highest BCUT2D eigenvalue weighted by atomic mass is 16.5. The first-order valence-electron chi connectivity index (χ1n) is 4.97. The maximum atomic E-state index is 11.1. The number of nitrogens with one attached hydrogen (secondary N) is 2. The summed E-state index contributed by atoms with van der Waals surface area (Å²) in [4.78, 5) is 11.1. The summed E-state index contributed by atoms with van der Waals surface area (Å²) in [5.74, 6) is 0.117. The number of ether oxygens (including phenoxy) is 1. The lowest BCUT2D eigenvalue weighted by atomic mass is 10.1. The summed E-state index contributed by atoms with van der Waals surface area (Å²) in [5.41, 5.74) is 6.87. The Morgan fingerprint density at radius 2 is 2.06 bits per heavy atom. The summed E-state index contributed by atoms with van der Waals surface area (Å²) >= 11 is 0. The minimum atomic E-state index is -0.471. The smallest absolute Gasteiger partial charge is 0.411 e. The van der Waals surface area contributed by atoms with Gasteiger partial charge in [0.25, 0.3) is 0 Å². The first-order valence-corrected chi connectivity index (χ1v) is 4.97. The van der Waals surface area contributed by atoms with E-state index in [9.17, 15) is 4.79 Å². The van der Waals surface area contributed by atoms with Gasteiger partial charge >= 0.3 is 6.09 Å². The molecular weight excluding hydrogens is 206 g/mol. The van der Waals surface area contributed by atoms with Crippen molar-refractivity contribution in [2.75, 3.05) is 11.9 Å². The van der Waals surface area contributed by atoms with Gasteiger partial charge in [-0.2, -0.15) is 0 Å². The Balaban J connectivity index is 2.57. The van der Waals surface area contributed by atoms with Gasteiger partial charge in [0.2, 0.25) is 0 Å². The van der Waals surface area contributed by atoms with Crippen LogP contribution in [0.2, 0.25) is 0 Å². The number of carbonyl (C=O) groups excluding carboxylic acids is 1. The van der Waals surface area contributed by atoms with Gasteiger partial charge in [0, 0.05) is 12.1 Å². The molecule has 0 atom stereocenters. The fraction of sp³-hybridized carbons (Fsp3) is 0.273. The quantitative estimate of drug-likeness (QED) is 0.534. The van der Waals surface area contributed by atoms with E-state index < -0.39 is 6.09 Å². The predicted molar refractivity (Wildman–Crippen MR) is 62.7 cm³/mol. The van der Waals surface area contributed by atoms with Gasteiger partial charge in [-0.3, -0.25) is 10.7 Å². The molecule has 1 aromatic carbocycles. The van der Waals surface area contributed by atoms with Crippen LogP contribution >= 0.6 is 0 Å². The molecule has 16 heavy (non-hydrogen) atoms. The van der Waals surface area contributed by atoms with Crippen molar-refractivity contribution in [3.63, 3.8) is 0 Å². The number of carbonyl (C=O) groups is 1. The first-order chi connectivity index (χ1) is 7.61. The van der Waals surface area contributed by atoms with Crippen LogP contribution in [0.4, 0.5) is 10.5 Å².